The fourth-order valence-electron chi connectivity index (χ4n) is 3.17. The van der Waals surface area contributed by atoms with Gasteiger partial charge in [0.1, 0.15) is 0 Å². The molecule has 0 spiro atoms. The molecule has 0 saturated carbocycles. The molecule has 0 aromatic heterocycles. The van der Waals surface area contributed by atoms with E-state index in [4.69, 9.17) is 14.5 Å². The third-order valence-electron chi connectivity index (χ3n) is 5.00. The lowest BCUT2D eigenvalue weighted by atomic mass is 9.88. The lowest BCUT2D eigenvalue weighted by Gasteiger charge is -2.18. The largest absolute Gasteiger partial charge is 0.493 e. The van der Waals surface area contributed by atoms with Crippen molar-refractivity contribution in [2.24, 2.45) is 16.8 Å². The third-order valence-corrected chi connectivity index (χ3v) is 5.00. The summed E-state index contributed by atoms with van der Waals surface area (Å²) in [7, 11) is 1.58. The molecule has 2 aromatic carbocycles. The maximum Gasteiger partial charge on any atom is 0.163 e. The normalized spacial score (nSPS) is 12.6. The number of ketones is 1. The van der Waals surface area contributed by atoms with Crippen molar-refractivity contribution in [1.29, 1.82) is 0 Å². The second-order valence-corrected chi connectivity index (χ2v) is 8.06. The van der Waals surface area contributed by atoms with Crippen molar-refractivity contribution in [3.8, 4) is 11.5 Å². The topological polar surface area (TPSA) is 47.9 Å². The molecule has 0 aliphatic rings. The van der Waals surface area contributed by atoms with Gasteiger partial charge in [-0.25, -0.2) is 0 Å². The number of carbonyl (C=O) groups is 1. The Hall–Kier alpha value is -2.62. The van der Waals surface area contributed by atoms with Crippen LogP contribution in [0.2, 0.25) is 0 Å². The van der Waals surface area contributed by atoms with Crippen LogP contribution in [-0.2, 0) is 6.42 Å². The summed E-state index contributed by atoms with van der Waals surface area (Å²) >= 11 is 0. The Kier molecular flexibility index (Phi) is 8.00. The molecule has 0 aliphatic carbocycles. The van der Waals surface area contributed by atoms with Gasteiger partial charge in [-0.05, 0) is 57.2 Å². The molecule has 0 aliphatic heterocycles. The van der Waals surface area contributed by atoms with Gasteiger partial charge >= 0.3 is 0 Å². The minimum atomic E-state index is -0.0495. The van der Waals surface area contributed by atoms with Gasteiger partial charge < -0.3 is 9.47 Å². The molecule has 0 saturated heterocycles. The van der Waals surface area contributed by atoms with Crippen molar-refractivity contribution in [2.75, 3.05) is 7.11 Å². The van der Waals surface area contributed by atoms with Crippen LogP contribution in [0.15, 0.2) is 41.4 Å². The van der Waals surface area contributed by atoms with E-state index in [1.165, 1.54) is 11.1 Å². The fraction of sp³-hybridized carbons (Fsp3) is 0.440. The van der Waals surface area contributed by atoms with Gasteiger partial charge in [-0.2, -0.15) is 0 Å². The van der Waals surface area contributed by atoms with Gasteiger partial charge in [-0.1, -0.05) is 38.1 Å². The second kappa shape index (κ2) is 10.2. The quantitative estimate of drug-likeness (QED) is 0.374. The van der Waals surface area contributed by atoms with Crippen molar-refractivity contribution in [1.82, 2.24) is 0 Å². The number of ether oxygens (including phenoxy) is 2. The summed E-state index contributed by atoms with van der Waals surface area (Å²) in [6.45, 7) is 12.0. The highest BCUT2D eigenvalue weighted by Gasteiger charge is 2.17. The summed E-state index contributed by atoms with van der Waals surface area (Å²) in [5.41, 5.74) is 3.76. The molecule has 1 atom stereocenters. The number of benzene rings is 2. The number of carbonyl (C=O) groups excluding carboxylic acids is 1. The molecule has 0 fully saturated rings. The van der Waals surface area contributed by atoms with Crippen LogP contribution in [0.5, 0.6) is 11.5 Å². The summed E-state index contributed by atoms with van der Waals surface area (Å²) in [5, 5.41) is 0. The first-order chi connectivity index (χ1) is 13.7. The molecule has 156 valence electrons. The Balaban J connectivity index is 2.41. The first kappa shape index (κ1) is 22.7. The zero-order valence-electron chi connectivity index (χ0n) is 18.7. The van der Waals surface area contributed by atoms with Crippen LogP contribution in [0.3, 0.4) is 0 Å². The van der Waals surface area contributed by atoms with E-state index in [1.807, 2.05) is 20.1 Å². The van der Waals surface area contributed by atoms with E-state index in [9.17, 15) is 4.79 Å². The van der Waals surface area contributed by atoms with Crippen LogP contribution in [0.25, 0.3) is 0 Å². The van der Waals surface area contributed by atoms with E-state index < -0.39 is 0 Å². The first-order valence-electron chi connectivity index (χ1n) is 10.2. The first-order valence-corrected chi connectivity index (χ1v) is 10.2. The summed E-state index contributed by atoms with van der Waals surface area (Å²) < 4.78 is 11.3. The Labute approximate surface area is 175 Å². The number of aryl methyl sites for hydroxylation is 1. The second-order valence-electron chi connectivity index (χ2n) is 8.06. The van der Waals surface area contributed by atoms with Gasteiger partial charge in [0.25, 0.3) is 0 Å². The molecule has 0 radical (unpaired) electrons. The van der Waals surface area contributed by atoms with E-state index in [0.717, 1.165) is 6.42 Å². The maximum atomic E-state index is 12.2. The van der Waals surface area contributed by atoms with Crippen molar-refractivity contribution >= 4 is 17.7 Å². The van der Waals surface area contributed by atoms with Crippen LogP contribution in [0, 0.1) is 18.8 Å². The SMILES string of the molecule is COc1cc(C(C)=O)c(N=CC(Cc2ccccc2C)C(C)C)cc1OC(C)C. The van der Waals surface area contributed by atoms with Crippen LogP contribution < -0.4 is 9.47 Å². The molecule has 0 heterocycles. The highest BCUT2D eigenvalue weighted by Crippen LogP contribution is 2.36. The van der Waals surface area contributed by atoms with E-state index in [-0.39, 0.29) is 17.8 Å². The number of hydrogen-bond donors (Lipinski definition) is 0. The molecule has 2 aromatic rings. The Morgan fingerprint density at radius 2 is 1.79 bits per heavy atom. The monoisotopic (exact) mass is 395 g/mol. The molecule has 1 unspecified atom stereocenters. The Morgan fingerprint density at radius 1 is 1.10 bits per heavy atom. The highest BCUT2D eigenvalue weighted by atomic mass is 16.5. The van der Waals surface area contributed by atoms with Gasteiger partial charge in [-0.15, -0.1) is 0 Å². The number of nitrogens with zero attached hydrogens (tertiary/aromatic N) is 1. The van der Waals surface area contributed by atoms with Crippen molar-refractivity contribution in [3.05, 3.63) is 53.1 Å². The van der Waals surface area contributed by atoms with Crippen LogP contribution >= 0.6 is 0 Å². The number of hydrogen-bond acceptors (Lipinski definition) is 4. The van der Waals surface area contributed by atoms with Gasteiger partial charge in [0.2, 0.25) is 0 Å². The van der Waals surface area contributed by atoms with E-state index in [2.05, 4.69) is 45.0 Å². The fourth-order valence-corrected chi connectivity index (χ4v) is 3.17. The molecule has 0 bridgehead atoms. The third kappa shape index (κ3) is 6.18. The average molecular weight is 396 g/mol. The number of methoxy groups -OCH3 is 1. The minimum Gasteiger partial charge on any atom is -0.493 e. The Morgan fingerprint density at radius 3 is 2.34 bits per heavy atom. The van der Waals surface area contributed by atoms with Crippen molar-refractivity contribution < 1.29 is 14.3 Å². The zero-order valence-corrected chi connectivity index (χ0v) is 18.7. The molecule has 0 N–H and O–H groups in total. The van der Waals surface area contributed by atoms with Gasteiger partial charge in [0.05, 0.1) is 18.9 Å². The predicted octanol–water partition coefficient (Wildman–Crippen LogP) is 6.21. The smallest absolute Gasteiger partial charge is 0.163 e. The molecule has 0 amide bonds. The summed E-state index contributed by atoms with van der Waals surface area (Å²) in [4.78, 5) is 16.9. The van der Waals surface area contributed by atoms with Crippen molar-refractivity contribution in [2.45, 2.75) is 54.1 Å². The standard InChI is InChI=1S/C25H33NO3/c1-16(2)21(12-20-11-9-8-10-18(20)5)15-26-23-14-25(29-17(3)4)24(28-7)13-22(23)19(6)27/h8-11,13-17,21H,12H2,1-7H3. The summed E-state index contributed by atoms with van der Waals surface area (Å²) in [6, 6.07) is 12.0. The zero-order chi connectivity index (χ0) is 21.6. The van der Waals surface area contributed by atoms with E-state index >= 15 is 0 Å². The van der Waals surface area contributed by atoms with E-state index in [0.29, 0.717) is 28.7 Å². The van der Waals surface area contributed by atoms with Gasteiger partial charge in [0.15, 0.2) is 17.3 Å². The molecule has 4 nitrogen and oxygen atoms in total. The number of rotatable bonds is 9. The summed E-state index contributed by atoms with van der Waals surface area (Å²) in [6.07, 6.45) is 2.88. The average Bonchev–Trinajstić information content (AvgIpc) is 2.65. The van der Waals surface area contributed by atoms with Gasteiger partial charge in [0, 0.05) is 23.8 Å². The minimum absolute atomic E-state index is 0.00613. The van der Waals surface area contributed by atoms with Crippen LogP contribution in [0.1, 0.15) is 56.1 Å². The predicted molar refractivity (Wildman–Crippen MR) is 120 cm³/mol. The van der Waals surface area contributed by atoms with E-state index in [1.54, 1.807) is 26.2 Å². The number of aliphatic imine (C=N–C) groups is 1. The lowest BCUT2D eigenvalue weighted by Crippen LogP contribution is -2.14. The van der Waals surface area contributed by atoms with Gasteiger partial charge in [-0.3, -0.25) is 9.79 Å². The van der Waals surface area contributed by atoms with Crippen LogP contribution in [-0.4, -0.2) is 25.2 Å². The molecular weight excluding hydrogens is 362 g/mol. The lowest BCUT2D eigenvalue weighted by molar-refractivity contribution is 0.101. The molecule has 29 heavy (non-hydrogen) atoms. The number of Topliss-reactive ketones (excluding diaryl/α,β-unsaturated/α-hetero) is 1. The molecular formula is C25H33NO3. The van der Waals surface area contributed by atoms with Crippen molar-refractivity contribution in [3.63, 3.8) is 0 Å². The Bertz CT molecular complexity index is 868. The van der Waals surface area contributed by atoms with Crippen LogP contribution in [0.4, 0.5) is 5.69 Å². The molecule has 4 heteroatoms. The maximum absolute atomic E-state index is 12.2. The summed E-state index contributed by atoms with van der Waals surface area (Å²) in [5.74, 6) is 1.77. The highest BCUT2D eigenvalue weighted by molar-refractivity contribution is 6.00. The molecule has 2 rings (SSSR count).